The lowest BCUT2D eigenvalue weighted by molar-refractivity contribution is -0.184. The molecule has 0 aromatic carbocycles. The molecule has 10 atom stereocenters. The predicted octanol–water partition coefficient (Wildman–Crippen LogP) is 3.66. The van der Waals surface area contributed by atoms with Crippen LogP contribution in [0.3, 0.4) is 0 Å². The van der Waals surface area contributed by atoms with Gasteiger partial charge in [0.1, 0.15) is 6.10 Å². The largest absolute Gasteiger partial charge is 0.481 e. The first kappa shape index (κ1) is 21.3. The van der Waals surface area contributed by atoms with E-state index in [4.69, 9.17) is 5.11 Å². The number of carboxylic acids is 1. The molecule has 0 amide bonds. The van der Waals surface area contributed by atoms with E-state index in [1.165, 1.54) is 0 Å². The highest BCUT2D eigenvalue weighted by Crippen LogP contribution is 2.67. The third-order valence-corrected chi connectivity index (χ3v) is 10.1. The second-order valence-corrected chi connectivity index (χ2v) is 11.3. The van der Waals surface area contributed by atoms with E-state index in [0.29, 0.717) is 36.5 Å². The molecule has 0 aliphatic heterocycles. The monoisotopic (exact) mass is 406 g/mol. The summed E-state index contributed by atoms with van der Waals surface area (Å²) in [5.41, 5.74) is -0.0216. The van der Waals surface area contributed by atoms with E-state index in [1.807, 2.05) is 0 Å². The van der Waals surface area contributed by atoms with Gasteiger partial charge in [0.25, 0.3) is 0 Å². The minimum atomic E-state index is -0.902. The molecule has 4 fully saturated rings. The molecule has 0 aromatic rings. The van der Waals surface area contributed by atoms with Gasteiger partial charge in [-0.1, -0.05) is 20.8 Å². The number of rotatable bonds is 4. The molecular weight excluding hydrogens is 368 g/mol. The predicted molar refractivity (Wildman–Crippen MR) is 109 cm³/mol. The van der Waals surface area contributed by atoms with Crippen molar-refractivity contribution in [2.75, 3.05) is 0 Å². The number of ketones is 1. The molecule has 10 unspecified atom stereocenters. The fourth-order valence-corrected chi connectivity index (χ4v) is 8.52. The zero-order chi connectivity index (χ0) is 21.1. The summed E-state index contributed by atoms with van der Waals surface area (Å²) in [6.07, 6.45) is 5.99. The van der Waals surface area contributed by atoms with Gasteiger partial charge in [-0.05, 0) is 91.8 Å². The van der Waals surface area contributed by atoms with Crippen molar-refractivity contribution in [2.45, 2.75) is 90.8 Å². The summed E-state index contributed by atoms with van der Waals surface area (Å²) < 4.78 is 0. The lowest BCUT2D eigenvalue weighted by atomic mass is 9.43. The molecule has 0 spiro atoms. The normalized spacial score (nSPS) is 50.4. The molecule has 3 N–H and O–H groups in total. The van der Waals surface area contributed by atoms with E-state index in [1.54, 1.807) is 0 Å². The summed E-state index contributed by atoms with van der Waals surface area (Å²) in [7, 11) is 0. The Balaban J connectivity index is 1.60. The highest BCUT2D eigenvalue weighted by atomic mass is 16.4. The summed E-state index contributed by atoms with van der Waals surface area (Å²) in [6.45, 7) is 6.78. The quantitative estimate of drug-likeness (QED) is 0.662. The van der Waals surface area contributed by atoms with Gasteiger partial charge in [0.05, 0.1) is 6.10 Å². The third-order valence-electron chi connectivity index (χ3n) is 10.1. The highest BCUT2D eigenvalue weighted by molar-refractivity contribution is 5.87. The van der Waals surface area contributed by atoms with Crippen LogP contribution in [0.5, 0.6) is 0 Å². The van der Waals surface area contributed by atoms with Gasteiger partial charge in [-0.3, -0.25) is 9.59 Å². The Bertz CT molecular complexity index is 676. The molecular formula is C24H38O5. The molecule has 5 heteroatoms. The van der Waals surface area contributed by atoms with Crippen molar-refractivity contribution in [3.63, 3.8) is 0 Å². The van der Waals surface area contributed by atoms with E-state index in [2.05, 4.69) is 20.8 Å². The smallest absolute Gasteiger partial charge is 0.303 e. The summed E-state index contributed by atoms with van der Waals surface area (Å²) >= 11 is 0. The number of aliphatic hydroxyl groups excluding tert-OH is 2. The molecule has 5 nitrogen and oxygen atoms in total. The summed E-state index contributed by atoms with van der Waals surface area (Å²) in [6, 6.07) is 0. The van der Waals surface area contributed by atoms with Crippen molar-refractivity contribution >= 4 is 11.8 Å². The van der Waals surface area contributed by atoms with E-state index >= 15 is 0 Å². The van der Waals surface area contributed by atoms with Crippen molar-refractivity contribution in [3.8, 4) is 0 Å². The molecule has 0 bridgehead atoms. The lowest BCUT2D eigenvalue weighted by Crippen LogP contribution is -2.62. The topological polar surface area (TPSA) is 94.8 Å². The van der Waals surface area contributed by atoms with Crippen LogP contribution in [-0.2, 0) is 9.59 Å². The highest BCUT2D eigenvalue weighted by Gasteiger charge is 2.65. The van der Waals surface area contributed by atoms with E-state index in [-0.39, 0.29) is 34.9 Å². The minimum absolute atomic E-state index is 0.0226. The molecule has 0 radical (unpaired) electrons. The van der Waals surface area contributed by atoms with E-state index < -0.39 is 18.2 Å². The van der Waals surface area contributed by atoms with Crippen LogP contribution >= 0.6 is 0 Å². The fraction of sp³-hybridized carbons (Fsp3) is 0.917. The molecule has 4 aliphatic carbocycles. The fourth-order valence-electron chi connectivity index (χ4n) is 8.52. The maximum Gasteiger partial charge on any atom is 0.303 e. The van der Waals surface area contributed by atoms with Gasteiger partial charge >= 0.3 is 5.97 Å². The van der Waals surface area contributed by atoms with E-state index in [9.17, 15) is 19.8 Å². The van der Waals surface area contributed by atoms with E-state index in [0.717, 1.165) is 38.5 Å². The average Bonchev–Trinajstić information content (AvgIpc) is 3.02. The number of Topliss-reactive ketones (excluding diaryl/α,β-unsaturated/α-hetero) is 1. The van der Waals surface area contributed by atoms with Gasteiger partial charge in [-0.25, -0.2) is 0 Å². The first-order valence-electron chi connectivity index (χ1n) is 11.7. The standard InChI is InChI=1S/C24H38O5/c1-13(4-7-19(26)27)15-5-6-16-20-17(9-11-23(15,16)2)24(3)10-8-14(25)12-18(24)21(28)22(20)29/h13-18,20,22,25,29H,4-12H2,1-3H3,(H,26,27). The summed E-state index contributed by atoms with van der Waals surface area (Å²) in [5.74, 6) is 0.552. The Morgan fingerprint density at radius 2 is 1.72 bits per heavy atom. The molecule has 164 valence electrons. The molecule has 29 heavy (non-hydrogen) atoms. The van der Waals surface area contributed by atoms with Gasteiger partial charge < -0.3 is 15.3 Å². The Kier molecular flexibility index (Phi) is 5.39. The second kappa shape index (κ2) is 7.33. The minimum Gasteiger partial charge on any atom is -0.481 e. The number of hydrogen-bond acceptors (Lipinski definition) is 4. The maximum atomic E-state index is 13.2. The van der Waals surface area contributed by atoms with Crippen LogP contribution in [0.2, 0.25) is 0 Å². The number of hydrogen-bond donors (Lipinski definition) is 3. The van der Waals surface area contributed by atoms with Gasteiger partial charge in [0.15, 0.2) is 5.78 Å². The van der Waals surface area contributed by atoms with Crippen molar-refractivity contribution in [1.82, 2.24) is 0 Å². The maximum absolute atomic E-state index is 13.2. The summed E-state index contributed by atoms with van der Waals surface area (Å²) in [5, 5.41) is 30.4. The third kappa shape index (κ3) is 3.18. The number of fused-ring (bicyclic) bond motifs is 5. The second-order valence-electron chi connectivity index (χ2n) is 11.3. The lowest BCUT2D eigenvalue weighted by Gasteiger charge is -2.61. The molecule has 4 rings (SSSR count). The molecule has 0 aromatic heterocycles. The number of aliphatic carboxylic acids is 1. The van der Waals surface area contributed by atoms with Crippen molar-refractivity contribution < 1.29 is 24.9 Å². The van der Waals surface area contributed by atoms with Crippen molar-refractivity contribution in [2.24, 2.45) is 46.3 Å². The number of carbonyl (C=O) groups excluding carboxylic acids is 1. The van der Waals surface area contributed by atoms with Gasteiger partial charge in [0.2, 0.25) is 0 Å². The van der Waals surface area contributed by atoms with Gasteiger partial charge in [-0.2, -0.15) is 0 Å². The average molecular weight is 407 g/mol. The van der Waals surface area contributed by atoms with Gasteiger partial charge in [0, 0.05) is 12.3 Å². The first-order chi connectivity index (χ1) is 13.6. The Hall–Kier alpha value is -0.940. The van der Waals surface area contributed by atoms with Crippen LogP contribution in [0, 0.1) is 46.3 Å². The molecule has 0 saturated heterocycles. The van der Waals surface area contributed by atoms with Crippen LogP contribution in [0.25, 0.3) is 0 Å². The number of carbonyl (C=O) groups is 2. The zero-order valence-electron chi connectivity index (χ0n) is 18.1. The van der Waals surface area contributed by atoms with Crippen molar-refractivity contribution in [3.05, 3.63) is 0 Å². The Morgan fingerprint density at radius 3 is 2.41 bits per heavy atom. The van der Waals surface area contributed by atoms with Gasteiger partial charge in [-0.15, -0.1) is 0 Å². The Morgan fingerprint density at radius 1 is 1.07 bits per heavy atom. The molecule has 0 heterocycles. The first-order valence-corrected chi connectivity index (χ1v) is 11.7. The number of carboxylic acid groups (broad SMARTS) is 1. The zero-order valence-corrected chi connectivity index (χ0v) is 18.1. The van der Waals surface area contributed by atoms with Crippen LogP contribution < -0.4 is 0 Å². The van der Waals surface area contributed by atoms with Crippen LogP contribution in [-0.4, -0.2) is 39.3 Å². The summed E-state index contributed by atoms with van der Waals surface area (Å²) in [4.78, 5) is 24.3. The number of aliphatic hydroxyl groups is 2. The van der Waals surface area contributed by atoms with Crippen LogP contribution in [0.4, 0.5) is 0 Å². The SMILES string of the molecule is CC(CCC(=O)O)C1CCC2C3C(O)C(=O)C4CC(O)CCC4(C)C3CCC12C. The Labute approximate surface area is 174 Å². The van der Waals surface area contributed by atoms with Crippen molar-refractivity contribution in [1.29, 1.82) is 0 Å². The van der Waals surface area contributed by atoms with Crippen LogP contribution in [0.15, 0.2) is 0 Å². The molecule has 4 saturated carbocycles. The molecule has 4 aliphatic rings. The van der Waals surface area contributed by atoms with Crippen LogP contribution in [0.1, 0.15) is 78.6 Å².